The average molecular weight is 514 g/mol. The summed E-state index contributed by atoms with van der Waals surface area (Å²) in [6, 6.07) is 6.20. The zero-order valence-corrected chi connectivity index (χ0v) is 21.0. The van der Waals surface area contributed by atoms with Gasteiger partial charge in [0.2, 0.25) is 0 Å². The third kappa shape index (κ3) is 5.67. The third-order valence-corrected chi connectivity index (χ3v) is 9.47. The van der Waals surface area contributed by atoms with Crippen molar-refractivity contribution in [3.63, 3.8) is 0 Å². The Labute approximate surface area is 186 Å². The molecule has 0 fully saturated rings. The normalized spacial score (nSPS) is 12.1. The molecule has 3 aromatic heterocycles. The van der Waals surface area contributed by atoms with E-state index in [0.717, 1.165) is 53.2 Å². The summed E-state index contributed by atoms with van der Waals surface area (Å²) in [5, 5.41) is 20.3. The molecule has 0 spiro atoms. The number of hydrogen-bond acceptors (Lipinski definition) is 6. The van der Waals surface area contributed by atoms with Gasteiger partial charge >= 0.3 is 187 Å². The van der Waals surface area contributed by atoms with Crippen molar-refractivity contribution < 1.29 is 5.32 Å². The number of nitrogens with two attached hydrogens (primary N) is 1. The maximum atomic E-state index is 8.48. The Bertz CT molecular complexity index is 1030. The molecule has 0 amide bonds. The predicted octanol–water partition coefficient (Wildman–Crippen LogP) is 2.00. The van der Waals surface area contributed by atoms with E-state index in [1.54, 1.807) is 11.3 Å². The SMILES string of the molecule is CCCCC(=N)/C(=C\[NH2+]C)c1cnc2cc[c]([Sn][c]3nnc(C(C)C)s3)nc2c1. The number of unbranched alkanes of at least 4 members (excludes halogenated alkanes) is 1. The van der Waals surface area contributed by atoms with Gasteiger partial charge in [-0.15, -0.1) is 0 Å². The van der Waals surface area contributed by atoms with Crippen molar-refractivity contribution in [3.05, 3.63) is 41.2 Å². The van der Waals surface area contributed by atoms with E-state index < -0.39 is 21.1 Å². The van der Waals surface area contributed by atoms with Crippen LogP contribution in [0.3, 0.4) is 0 Å². The summed E-state index contributed by atoms with van der Waals surface area (Å²) < 4.78 is 2.27. The second-order valence-corrected chi connectivity index (χ2v) is 12.8. The summed E-state index contributed by atoms with van der Waals surface area (Å²) in [7, 11) is 1.98. The van der Waals surface area contributed by atoms with Crippen LogP contribution in [-0.4, -0.2) is 54.1 Å². The molecule has 6 nitrogen and oxygen atoms in total. The topological polar surface area (TPSA) is 92.0 Å². The molecule has 29 heavy (non-hydrogen) atoms. The molecule has 150 valence electrons. The van der Waals surface area contributed by atoms with Crippen molar-refractivity contribution in [2.45, 2.75) is 46.0 Å². The van der Waals surface area contributed by atoms with Crippen molar-refractivity contribution in [2.75, 3.05) is 7.05 Å². The molecule has 0 aliphatic heterocycles. The Balaban J connectivity index is 1.89. The number of nitrogens with one attached hydrogen (secondary N) is 1. The fraction of sp³-hybridized carbons (Fsp3) is 0.381. The van der Waals surface area contributed by atoms with Crippen LogP contribution in [0.25, 0.3) is 16.6 Å². The molecule has 3 aromatic rings. The zero-order chi connectivity index (χ0) is 20.8. The van der Waals surface area contributed by atoms with E-state index in [1.165, 1.54) is 0 Å². The second kappa shape index (κ2) is 10.4. The summed E-state index contributed by atoms with van der Waals surface area (Å²) in [5.74, 6) is 0.417. The van der Waals surface area contributed by atoms with Crippen molar-refractivity contribution in [2.24, 2.45) is 0 Å². The Morgan fingerprint density at radius 3 is 2.79 bits per heavy atom. The second-order valence-electron chi connectivity index (χ2n) is 7.18. The first kappa shape index (κ1) is 22.0. The van der Waals surface area contributed by atoms with Gasteiger partial charge in [0.05, 0.1) is 0 Å². The molecule has 0 aromatic carbocycles. The molecule has 3 rings (SSSR count). The molecular formula is C21H27N6SSn+. The predicted molar refractivity (Wildman–Crippen MR) is 122 cm³/mol. The molecule has 0 aliphatic rings. The van der Waals surface area contributed by atoms with Crippen LogP contribution >= 0.6 is 11.3 Å². The minimum atomic E-state index is -1.08. The van der Waals surface area contributed by atoms with E-state index in [0.29, 0.717) is 11.6 Å². The van der Waals surface area contributed by atoms with E-state index in [9.17, 15) is 0 Å². The first-order chi connectivity index (χ1) is 14.0. The quantitative estimate of drug-likeness (QED) is 0.338. The fourth-order valence-corrected chi connectivity index (χ4v) is 7.45. The Morgan fingerprint density at radius 1 is 1.28 bits per heavy atom. The summed E-state index contributed by atoms with van der Waals surface area (Å²) in [6.45, 7) is 6.44. The summed E-state index contributed by atoms with van der Waals surface area (Å²) in [4.78, 5) is 9.50. The molecule has 8 heteroatoms. The zero-order valence-electron chi connectivity index (χ0n) is 17.4. The number of quaternary nitrogens is 1. The molecule has 0 saturated carbocycles. The third-order valence-electron chi connectivity index (χ3n) is 4.46. The van der Waals surface area contributed by atoms with E-state index >= 15 is 0 Å². The molecule has 0 saturated heterocycles. The molecule has 3 heterocycles. The van der Waals surface area contributed by atoms with Gasteiger partial charge in [-0.05, 0) is 0 Å². The van der Waals surface area contributed by atoms with Gasteiger partial charge in [0.1, 0.15) is 0 Å². The first-order valence-corrected chi connectivity index (χ1v) is 13.6. The number of nitrogens with zero attached hydrogens (tertiary/aromatic N) is 4. The molecule has 2 radical (unpaired) electrons. The molecule has 0 bridgehead atoms. The van der Waals surface area contributed by atoms with Crippen LogP contribution in [0.15, 0.2) is 30.6 Å². The van der Waals surface area contributed by atoms with Crippen molar-refractivity contribution in [3.8, 4) is 0 Å². The van der Waals surface area contributed by atoms with Gasteiger partial charge in [0.15, 0.2) is 0 Å². The van der Waals surface area contributed by atoms with Gasteiger partial charge in [-0.3, -0.25) is 0 Å². The van der Waals surface area contributed by atoms with Crippen LogP contribution < -0.4 is 12.1 Å². The van der Waals surface area contributed by atoms with Gasteiger partial charge in [-0.2, -0.15) is 0 Å². The van der Waals surface area contributed by atoms with Gasteiger partial charge < -0.3 is 0 Å². The van der Waals surface area contributed by atoms with Gasteiger partial charge in [0.25, 0.3) is 0 Å². The Morgan fingerprint density at radius 2 is 2.10 bits per heavy atom. The number of allylic oxidation sites excluding steroid dienone is 1. The van der Waals surface area contributed by atoms with Crippen LogP contribution in [0.2, 0.25) is 0 Å². The molecule has 0 unspecified atom stereocenters. The standard InChI is InChI=1S/C16H19N4.C5H7N2S.Sn/c1-3-4-6-14(17)13(11-18-2)12-9-16-15(20-10-12)7-5-8-19-16;1-4(2)5-7-6-3-8-5;/h5,7,9-11,17-18H,3-4,6H2,1-2H3;4H,1-2H3;/p+1/b13-11-,17-14?;;. The average Bonchev–Trinajstić information content (AvgIpc) is 3.18. The number of rotatable bonds is 9. The van der Waals surface area contributed by atoms with E-state index in [-0.39, 0.29) is 0 Å². The number of aromatic nitrogens is 4. The molecule has 0 atom stereocenters. The minimum absolute atomic E-state index is 0.417. The van der Waals surface area contributed by atoms with Crippen LogP contribution in [0, 0.1) is 5.41 Å². The van der Waals surface area contributed by atoms with Gasteiger partial charge in [-0.25, -0.2) is 0 Å². The number of pyridine rings is 2. The summed E-state index contributed by atoms with van der Waals surface area (Å²) >= 11 is 0.645. The Hall–Kier alpha value is -1.71. The van der Waals surface area contributed by atoms with E-state index in [2.05, 4.69) is 48.1 Å². The maximum absolute atomic E-state index is 8.48. The first-order valence-electron chi connectivity index (χ1n) is 9.96. The number of fused-ring (bicyclic) bond motifs is 1. The van der Waals surface area contributed by atoms with Crippen molar-refractivity contribution in [1.29, 1.82) is 5.41 Å². The van der Waals surface area contributed by atoms with Crippen LogP contribution in [0.5, 0.6) is 0 Å². The summed E-state index contributed by atoms with van der Waals surface area (Å²) in [6.07, 6.45) is 6.76. The molecule has 3 N–H and O–H groups in total. The van der Waals surface area contributed by atoms with Crippen molar-refractivity contribution in [1.82, 2.24) is 20.2 Å². The summed E-state index contributed by atoms with van der Waals surface area (Å²) in [5.41, 5.74) is 4.34. The van der Waals surface area contributed by atoms with Crippen LogP contribution in [0.1, 0.15) is 56.5 Å². The Kier molecular flexibility index (Phi) is 7.85. The van der Waals surface area contributed by atoms with Crippen molar-refractivity contribution >= 4 is 61.5 Å². The molecule has 0 aliphatic carbocycles. The van der Waals surface area contributed by atoms with Crippen LogP contribution in [0.4, 0.5) is 0 Å². The van der Waals surface area contributed by atoms with E-state index in [4.69, 9.17) is 10.4 Å². The van der Waals surface area contributed by atoms with E-state index in [1.807, 2.05) is 30.8 Å². The van der Waals surface area contributed by atoms with Gasteiger partial charge in [-0.1, -0.05) is 0 Å². The molecular weight excluding hydrogens is 487 g/mol. The van der Waals surface area contributed by atoms with Crippen LogP contribution in [-0.2, 0) is 0 Å². The monoisotopic (exact) mass is 515 g/mol. The fourth-order valence-electron chi connectivity index (χ4n) is 2.88. The number of hydrogen-bond donors (Lipinski definition) is 2. The van der Waals surface area contributed by atoms with Gasteiger partial charge in [0, 0.05) is 0 Å².